The van der Waals surface area contributed by atoms with Gasteiger partial charge in [-0.2, -0.15) is 0 Å². The van der Waals surface area contributed by atoms with E-state index in [1.807, 2.05) is 0 Å². The second-order valence-corrected chi connectivity index (χ2v) is 6.17. The van der Waals surface area contributed by atoms with Crippen LogP contribution in [-0.4, -0.2) is 10.6 Å². The van der Waals surface area contributed by atoms with Gasteiger partial charge in [0.2, 0.25) is 0 Å². The van der Waals surface area contributed by atoms with Crippen molar-refractivity contribution < 1.29 is 13.6 Å². The maximum absolute atomic E-state index is 13.5. The first-order chi connectivity index (χ1) is 7.99. The molecule has 1 aliphatic rings. The third kappa shape index (κ3) is 3.13. The van der Waals surface area contributed by atoms with Crippen LogP contribution in [-0.2, 0) is 11.2 Å². The Morgan fingerprint density at radius 1 is 1.35 bits per heavy atom. The molecule has 17 heavy (non-hydrogen) atoms. The van der Waals surface area contributed by atoms with Crippen molar-refractivity contribution in [2.45, 2.75) is 24.1 Å². The molecule has 0 aromatic heterocycles. The van der Waals surface area contributed by atoms with E-state index in [-0.39, 0.29) is 28.2 Å². The monoisotopic (exact) mass is 366 g/mol. The smallest absolute Gasteiger partial charge is 0.149 e. The summed E-state index contributed by atoms with van der Waals surface area (Å²) in [4.78, 5) is 11.3. The first-order valence-electron chi connectivity index (χ1n) is 5.30. The zero-order valence-electron chi connectivity index (χ0n) is 8.85. The predicted molar refractivity (Wildman–Crippen MR) is 68.2 cm³/mol. The molecule has 0 radical (unpaired) electrons. The van der Waals surface area contributed by atoms with Gasteiger partial charge in [0.25, 0.3) is 0 Å². The Kier molecular flexibility index (Phi) is 3.98. The topological polar surface area (TPSA) is 17.1 Å². The number of rotatable bonds is 4. The number of benzene rings is 1. The lowest BCUT2D eigenvalue weighted by Crippen LogP contribution is -2.19. The van der Waals surface area contributed by atoms with Gasteiger partial charge in [0.1, 0.15) is 17.4 Å². The van der Waals surface area contributed by atoms with Crippen LogP contribution in [0.4, 0.5) is 8.78 Å². The van der Waals surface area contributed by atoms with Crippen LogP contribution in [0.15, 0.2) is 16.6 Å². The minimum absolute atomic E-state index is 0.0905. The van der Waals surface area contributed by atoms with E-state index in [1.54, 1.807) is 0 Å². The summed E-state index contributed by atoms with van der Waals surface area (Å²) in [5, 5.41) is 0. The number of alkyl halides is 1. The second kappa shape index (κ2) is 5.14. The molecule has 0 heterocycles. The van der Waals surface area contributed by atoms with Crippen LogP contribution in [0.1, 0.15) is 18.4 Å². The Hall–Kier alpha value is -0.290. The summed E-state index contributed by atoms with van der Waals surface area (Å²) in [5.41, 5.74) is 0.224. The van der Waals surface area contributed by atoms with E-state index in [0.29, 0.717) is 0 Å². The van der Waals surface area contributed by atoms with Gasteiger partial charge in [-0.15, -0.1) is 0 Å². The molecule has 0 saturated heterocycles. The van der Waals surface area contributed by atoms with E-state index in [0.717, 1.165) is 25.0 Å². The van der Waals surface area contributed by atoms with Gasteiger partial charge in [0.15, 0.2) is 0 Å². The fourth-order valence-corrected chi connectivity index (χ4v) is 2.68. The Bertz CT molecular complexity index is 458. The molecule has 0 N–H and O–H groups in total. The van der Waals surface area contributed by atoms with Gasteiger partial charge in [-0.1, -0.05) is 15.9 Å². The van der Waals surface area contributed by atoms with Gasteiger partial charge >= 0.3 is 0 Å². The average Bonchev–Trinajstić information content (AvgIpc) is 3.08. The molecule has 1 aromatic rings. The summed E-state index contributed by atoms with van der Waals surface area (Å²) < 4.78 is 26.9. The molecule has 1 aromatic carbocycles. The van der Waals surface area contributed by atoms with E-state index in [2.05, 4.69) is 31.9 Å². The van der Waals surface area contributed by atoms with Crippen LogP contribution in [0.3, 0.4) is 0 Å². The van der Waals surface area contributed by atoms with E-state index in [1.165, 1.54) is 0 Å². The molecule has 1 aliphatic carbocycles. The lowest BCUT2D eigenvalue weighted by molar-refractivity contribution is -0.119. The van der Waals surface area contributed by atoms with E-state index < -0.39 is 16.5 Å². The molecule has 92 valence electrons. The van der Waals surface area contributed by atoms with Crippen molar-refractivity contribution in [2.75, 3.05) is 0 Å². The molecule has 5 heteroatoms. The Labute approximate surface area is 115 Å². The van der Waals surface area contributed by atoms with Gasteiger partial charge in [-0.05, 0) is 52.9 Å². The quantitative estimate of drug-likeness (QED) is 0.580. The first-order valence-corrected chi connectivity index (χ1v) is 7.01. The minimum Gasteiger partial charge on any atom is -0.298 e. The highest BCUT2D eigenvalue weighted by atomic mass is 79.9. The number of Topliss-reactive ketones (excluding diaryl/α,β-unsaturated/α-hetero) is 1. The molecule has 0 spiro atoms. The number of halogens is 4. The molecular weight excluding hydrogens is 358 g/mol. The van der Waals surface area contributed by atoms with Crippen LogP contribution in [0.5, 0.6) is 0 Å². The van der Waals surface area contributed by atoms with Crippen molar-refractivity contribution in [3.8, 4) is 0 Å². The standard InChI is InChI=1S/C12H10Br2F2O/c13-8-5-10(15)7(4-11(8)16)3-9(14)12(17)6-1-2-6/h4-6,9H,1-3H2. The van der Waals surface area contributed by atoms with Crippen LogP contribution in [0.2, 0.25) is 0 Å². The zero-order valence-corrected chi connectivity index (χ0v) is 12.0. The van der Waals surface area contributed by atoms with Crippen LogP contribution in [0, 0.1) is 17.6 Å². The highest BCUT2D eigenvalue weighted by Crippen LogP contribution is 2.33. The molecule has 1 atom stereocenters. The lowest BCUT2D eigenvalue weighted by atomic mass is 10.0. The lowest BCUT2D eigenvalue weighted by Gasteiger charge is -2.09. The number of hydrogen-bond donors (Lipinski definition) is 0. The second-order valence-electron chi connectivity index (χ2n) is 4.21. The van der Waals surface area contributed by atoms with E-state index in [9.17, 15) is 13.6 Å². The maximum Gasteiger partial charge on any atom is 0.149 e. The molecular formula is C12H10Br2F2O. The maximum atomic E-state index is 13.5. The number of hydrogen-bond acceptors (Lipinski definition) is 1. The Balaban J connectivity index is 2.12. The fourth-order valence-electron chi connectivity index (χ4n) is 1.64. The van der Waals surface area contributed by atoms with Gasteiger partial charge in [-0.3, -0.25) is 4.79 Å². The molecule has 1 unspecified atom stereocenters. The highest BCUT2D eigenvalue weighted by molar-refractivity contribution is 9.10. The number of carbonyl (C=O) groups excluding carboxylic acids is 1. The van der Waals surface area contributed by atoms with Crippen LogP contribution < -0.4 is 0 Å². The molecule has 1 fully saturated rings. The summed E-state index contributed by atoms with van der Waals surface area (Å²) in [6, 6.07) is 2.22. The van der Waals surface area contributed by atoms with E-state index >= 15 is 0 Å². The van der Waals surface area contributed by atoms with Crippen molar-refractivity contribution in [3.63, 3.8) is 0 Å². The highest BCUT2D eigenvalue weighted by Gasteiger charge is 2.33. The molecule has 2 rings (SSSR count). The SMILES string of the molecule is O=C(C(Br)Cc1cc(F)c(Br)cc1F)C1CC1. The Morgan fingerprint density at radius 3 is 2.59 bits per heavy atom. The average molecular weight is 368 g/mol. The Morgan fingerprint density at radius 2 is 2.00 bits per heavy atom. The predicted octanol–water partition coefficient (Wildman–Crippen LogP) is 4.01. The molecule has 0 amide bonds. The van der Waals surface area contributed by atoms with Crippen molar-refractivity contribution in [1.82, 2.24) is 0 Å². The normalized spacial score (nSPS) is 16.9. The summed E-state index contributed by atoms with van der Waals surface area (Å²) in [7, 11) is 0. The fraction of sp³-hybridized carbons (Fsp3) is 0.417. The largest absolute Gasteiger partial charge is 0.298 e. The zero-order chi connectivity index (χ0) is 12.6. The number of carbonyl (C=O) groups is 1. The molecule has 0 bridgehead atoms. The van der Waals surface area contributed by atoms with Gasteiger partial charge < -0.3 is 0 Å². The first kappa shape index (κ1) is 13.1. The van der Waals surface area contributed by atoms with Crippen molar-refractivity contribution in [3.05, 3.63) is 33.8 Å². The van der Waals surface area contributed by atoms with Crippen LogP contribution >= 0.6 is 31.9 Å². The van der Waals surface area contributed by atoms with Crippen molar-refractivity contribution >= 4 is 37.6 Å². The van der Waals surface area contributed by atoms with Crippen LogP contribution in [0.25, 0.3) is 0 Å². The summed E-state index contributed by atoms with van der Waals surface area (Å²) >= 11 is 6.16. The van der Waals surface area contributed by atoms with Gasteiger partial charge in [0, 0.05) is 5.92 Å². The summed E-state index contributed by atoms with van der Waals surface area (Å²) in [6.07, 6.45) is 2.02. The summed E-state index contributed by atoms with van der Waals surface area (Å²) in [5.74, 6) is -0.804. The van der Waals surface area contributed by atoms with E-state index in [4.69, 9.17) is 0 Å². The molecule has 1 saturated carbocycles. The van der Waals surface area contributed by atoms with Crippen molar-refractivity contribution in [2.24, 2.45) is 5.92 Å². The van der Waals surface area contributed by atoms with Crippen molar-refractivity contribution in [1.29, 1.82) is 0 Å². The number of ketones is 1. The van der Waals surface area contributed by atoms with Gasteiger partial charge in [-0.25, -0.2) is 8.78 Å². The summed E-state index contributed by atoms with van der Waals surface area (Å²) in [6.45, 7) is 0. The third-order valence-corrected chi connectivity index (χ3v) is 4.16. The minimum atomic E-state index is -0.514. The van der Waals surface area contributed by atoms with Gasteiger partial charge in [0.05, 0.1) is 9.30 Å². The molecule has 0 aliphatic heterocycles. The third-order valence-electron chi connectivity index (χ3n) is 2.78. The molecule has 1 nitrogen and oxygen atoms in total.